The molecule has 1 N–H and O–H groups in total. The predicted molar refractivity (Wildman–Crippen MR) is 158 cm³/mol. The molecule has 0 heterocycles. The van der Waals surface area contributed by atoms with Crippen molar-refractivity contribution in [2.24, 2.45) is 0 Å². The third kappa shape index (κ3) is 7.63. The van der Waals surface area contributed by atoms with Crippen LogP contribution in [0.25, 0.3) is 0 Å². The molecule has 0 fully saturated rings. The molecule has 0 spiro atoms. The number of carbonyl (C=O) groups is 2. The van der Waals surface area contributed by atoms with E-state index in [1.54, 1.807) is 61.7 Å². The first-order chi connectivity index (χ1) is 19.1. The normalized spacial score (nSPS) is 12.7. The van der Waals surface area contributed by atoms with E-state index in [1.165, 1.54) is 17.0 Å². The van der Waals surface area contributed by atoms with E-state index in [1.807, 2.05) is 39.8 Å². The zero-order valence-corrected chi connectivity index (χ0v) is 24.6. The van der Waals surface area contributed by atoms with Crippen LogP contribution in [0.2, 0.25) is 0 Å². The van der Waals surface area contributed by atoms with Gasteiger partial charge in [-0.05, 0) is 68.7 Å². The largest absolute Gasteiger partial charge is 0.497 e. The van der Waals surface area contributed by atoms with Crippen LogP contribution in [0.1, 0.15) is 44.7 Å². The smallest absolute Gasteiger partial charge is 0.264 e. The Morgan fingerprint density at radius 2 is 1.52 bits per heavy atom. The zero-order valence-electron chi connectivity index (χ0n) is 23.8. The molecule has 0 bridgehead atoms. The van der Waals surface area contributed by atoms with E-state index in [0.29, 0.717) is 17.9 Å². The molecule has 3 aromatic carbocycles. The van der Waals surface area contributed by atoms with Gasteiger partial charge in [-0.1, -0.05) is 61.9 Å². The van der Waals surface area contributed by atoms with Crippen LogP contribution in [0.4, 0.5) is 5.69 Å². The summed E-state index contributed by atoms with van der Waals surface area (Å²) in [6.45, 7) is 7.26. The Bertz CT molecular complexity index is 1360. The van der Waals surface area contributed by atoms with Crippen molar-refractivity contribution in [1.82, 2.24) is 10.2 Å². The highest BCUT2D eigenvalue weighted by Gasteiger charge is 2.33. The molecular weight excluding hydrogens is 526 g/mol. The van der Waals surface area contributed by atoms with E-state index in [2.05, 4.69) is 5.32 Å². The van der Waals surface area contributed by atoms with E-state index >= 15 is 0 Å². The van der Waals surface area contributed by atoms with E-state index in [4.69, 9.17) is 4.74 Å². The highest BCUT2D eigenvalue weighted by molar-refractivity contribution is 7.92. The van der Waals surface area contributed by atoms with Gasteiger partial charge in [0.05, 0.1) is 17.7 Å². The van der Waals surface area contributed by atoms with Crippen LogP contribution in [-0.2, 0) is 26.2 Å². The fraction of sp³-hybridized carbons (Fsp3) is 0.355. The van der Waals surface area contributed by atoms with Crippen molar-refractivity contribution in [2.45, 2.75) is 64.1 Å². The molecule has 8 nitrogen and oxygen atoms in total. The van der Waals surface area contributed by atoms with E-state index in [-0.39, 0.29) is 23.4 Å². The molecule has 0 aromatic heterocycles. The minimum Gasteiger partial charge on any atom is -0.497 e. The number of rotatable bonds is 13. The molecule has 0 aliphatic rings. The van der Waals surface area contributed by atoms with E-state index in [0.717, 1.165) is 21.9 Å². The summed E-state index contributed by atoms with van der Waals surface area (Å²) >= 11 is 0. The second-order valence-corrected chi connectivity index (χ2v) is 11.6. The van der Waals surface area contributed by atoms with Crippen LogP contribution < -0.4 is 14.4 Å². The van der Waals surface area contributed by atoms with Gasteiger partial charge in [0.1, 0.15) is 18.3 Å². The third-order valence-corrected chi connectivity index (χ3v) is 8.62. The topological polar surface area (TPSA) is 96.0 Å². The summed E-state index contributed by atoms with van der Waals surface area (Å²) in [6, 6.07) is 21.4. The Hall–Kier alpha value is -3.85. The molecule has 40 heavy (non-hydrogen) atoms. The molecule has 0 saturated carbocycles. The number of aryl methyl sites for hydroxylation is 1. The van der Waals surface area contributed by atoms with Gasteiger partial charge in [0, 0.05) is 12.6 Å². The first kappa shape index (κ1) is 30.7. The Morgan fingerprint density at radius 1 is 0.900 bits per heavy atom. The summed E-state index contributed by atoms with van der Waals surface area (Å²) in [5, 5.41) is 2.98. The molecule has 2 atom stereocenters. The number of nitrogens with zero attached hydrogens (tertiary/aromatic N) is 2. The summed E-state index contributed by atoms with van der Waals surface area (Å²) in [5.41, 5.74) is 2.07. The number of amides is 2. The fourth-order valence-corrected chi connectivity index (χ4v) is 5.66. The highest BCUT2D eigenvalue weighted by Crippen LogP contribution is 2.25. The maximum Gasteiger partial charge on any atom is 0.264 e. The van der Waals surface area contributed by atoms with Crippen molar-refractivity contribution in [3.05, 3.63) is 90.0 Å². The number of nitrogens with one attached hydrogen (secondary N) is 1. The van der Waals surface area contributed by atoms with Gasteiger partial charge >= 0.3 is 0 Å². The van der Waals surface area contributed by atoms with Crippen LogP contribution >= 0.6 is 0 Å². The van der Waals surface area contributed by atoms with Crippen molar-refractivity contribution in [2.75, 3.05) is 18.0 Å². The molecule has 214 valence electrons. The Kier molecular flexibility index (Phi) is 10.7. The number of para-hydroxylation sites is 1. The van der Waals surface area contributed by atoms with Gasteiger partial charge < -0.3 is 15.0 Å². The van der Waals surface area contributed by atoms with Crippen molar-refractivity contribution in [1.29, 1.82) is 0 Å². The fourth-order valence-electron chi connectivity index (χ4n) is 4.25. The van der Waals surface area contributed by atoms with Crippen LogP contribution in [-0.4, -0.2) is 50.9 Å². The Balaban J connectivity index is 2.02. The predicted octanol–water partition coefficient (Wildman–Crippen LogP) is 4.92. The Morgan fingerprint density at radius 3 is 2.08 bits per heavy atom. The minimum absolute atomic E-state index is 0.0674. The molecule has 2 amide bonds. The zero-order chi connectivity index (χ0) is 29.3. The summed E-state index contributed by atoms with van der Waals surface area (Å²) in [4.78, 5) is 28.9. The van der Waals surface area contributed by atoms with Gasteiger partial charge in [0.25, 0.3) is 10.0 Å². The van der Waals surface area contributed by atoms with E-state index in [9.17, 15) is 18.0 Å². The number of methoxy groups -OCH3 is 1. The molecule has 0 radical (unpaired) electrons. The number of hydrogen-bond acceptors (Lipinski definition) is 5. The molecule has 0 saturated heterocycles. The van der Waals surface area contributed by atoms with Crippen molar-refractivity contribution >= 4 is 27.5 Å². The van der Waals surface area contributed by atoms with Crippen LogP contribution in [0, 0.1) is 6.92 Å². The first-order valence-electron chi connectivity index (χ1n) is 13.5. The second-order valence-electron chi connectivity index (χ2n) is 9.77. The van der Waals surface area contributed by atoms with Crippen molar-refractivity contribution in [3.63, 3.8) is 0 Å². The van der Waals surface area contributed by atoms with Gasteiger partial charge in [0.2, 0.25) is 11.8 Å². The number of carbonyl (C=O) groups excluding carboxylic acids is 2. The summed E-state index contributed by atoms with van der Waals surface area (Å²) < 4.78 is 34.1. The quantitative estimate of drug-likeness (QED) is 0.317. The lowest BCUT2D eigenvalue weighted by atomic mass is 10.1. The summed E-state index contributed by atoms with van der Waals surface area (Å²) in [5.74, 6) is -0.0875. The number of ether oxygens (including phenoxy) is 1. The summed E-state index contributed by atoms with van der Waals surface area (Å²) in [7, 11) is -2.51. The van der Waals surface area contributed by atoms with Crippen LogP contribution in [0.5, 0.6) is 5.75 Å². The number of benzene rings is 3. The van der Waals surface area contributed by atoms with Crippen molar-refractivity contribution in [3.8, 4) is 5.75 Å². The molecule has 3 aromatic rings. The lowest BCUT2D eigenvalue weighted by molar-refractivity contribution is -0.140. The average molecular weight is 566 g/mol. The lowest BCUT2D eigenvalue weighted by Crippen LogP contribution is -2.53. The maximum absolute atomic E-state index is 14.1. The molecule has 0 aliphatic carbocycles. The van der Waals surface area contributed by atoms with Crippen molar-refractivity contribution < 1.29 is 22.7 Å². The van der Waals surface area contributed by atoms with E-state index < -0.39 is 28.5 Å². The van der Waals surface area contributed by atoms with Gasteiger partial charge in [-0.3, -0.25) is 13.9 Å². The number of sulfonamides is 1. The Labute approximate surface area is 238 Å². The molecule has 3 rings (SSSR count). The number of anilines is 1. The number of hydrogen-bond donors (Lipinski definition) is 1. The highest BCUT2D eigenvalue weighted by atomic mass is 32.2. The van der Waals surface area contributed by atoms with Crippen LogP contribution in [0.3, 0.4) is 0 Å². The molecule has 0 unspecified atom stereocenters. The van der Waals surface area contributed by atoms with Gasteiger partial charge in [-0.2, -0.15) is 0 Å². The first-order valence-corrected chi connectivity index (χ1v) is 14.9. The maximum atomic E-state index is 14.1. The standard InChI is InChI=1S/C31H39N3O5S/c1-6-24(4)32-31(36)29(7-2)33(21-25-15-17-27(39-5)18-16-25)30(35)22-34(26-11-9-8-10-12-26)40(37,38)28-19-13-23(3)14-20-28/h8-20,24,29H,6-7,21-22H2,1-5H3,(H,32,36)/t24-,29+/m0/s1. The van der Waals surface area contributed by atoms with Gasteiger partial charge in [0.15, 0.2) is 0 Å². The van der Waals surface area contributed by atoms with Gasteiger partial charge in [-0.25, -0.2) is 8.42 Å². The molecule has 9 heteroatoms. The molecule has 0 aliphatic heterocycles. The lowest BCUT2D eigenvalue weighted by Gasteiger charge is -2.33. The summed E-state index contributed by atoms with van der Waals surface area (Å²) in [6.07, 6.45) is 1.10. The second kappa shape index (κ2) is 14.0. The SMILES string of the molecule is CC[C@H](C(=O)N[C@@H](C)CC)N(Cc1ccc(OC)cc1)C(=O)CN(c1ccccc1)S(=O)(=O)c1ccc(C)cc1. The average Bonchev–Trinajstić information content (AvgIpc) is 2.96. The van der Waals surface area contributed by atoms with Crippen LogP contribution in [0.15, 0.2) is 83.8 Å². The van der Waals surface area contributed by atoms with Gasteiger partial charge in [-0.15, -0.1) is 0 Å². The third-order valence-electron chi connectivity index (χ3n) is 6.83. The minimum atomic E-state index is -4.09. The molecular formula is C31H39N3O5S. The monoisotopic (exact) mass is 565 g/mol.